The molecule has 0 unspecified atom stereocenters. The largest absolute Gasteiger partial charge is 0.352 e. The van der Waals surface area contributed by atoms with Crippen molar-refractivity contribution in [2.45, 2.75) is 60.0 Å². The highest BCUT2D eigenvalue weighted by Gasteiger charge is 2.32. The second kappa shape index (κ2) is 9.76. The molecule has 0 bridgehead atoms. The van der Waals surface area contributed by atoms with Crippen molar-refractivity contribution in [2.24, 2.45) is 11.3 Å². The van der Waals surface area contributed by atoms with Gasteiger partial charge >= 0.3 is 6.03 Å². The molecule has 4 amide bonds. The topological polar surface area (TPSA) is 90.5 Å². The number of hydrogen-bond acceptors (Lipinski definition) is 3. The van der Waals surface area contributed by atoms with Gasteiger partial charge in [0.15, 0.2) is 0 Å². The minimum Gasteiger partial charge on any atom is -0.352 e. The summed E-state index contributed by atoms with van der Waals surface area (Å²) in [6.07, 6.45) is 1.39. The number of benzene rings is 1. The van der Waals surface area contributed by atoms with E-state index in [1.807, 2.05) is 63.8 Å². The van der Waals surface area contributed by atoms with Gasteiger partial charge < -0.3 is 20.9 Å². The molecule has 7 nitrogen and oxygen atoms in total. The lowest BCUT2D eigenvalue weighted by atomic mass is 9.90. The number of anilines is 1. The third-order valence-corrected chi connectivity index (χ3v) is 4.89. The van der Waals surface area contributed by atoms with E-state index in [2.05, 4.69) is 16.0 Å². The summed E-state index contributed by atoms with van der Waals surface area (Å²) in [5.41, 5.74) is 1.29. The number of amides is 4. The van der Waals surface area contributed by atoms with Crippen molar-refractivity contribution < 1.29 is 14.4 Å². The molecule has 29 heavy (non-hydrogen) atoms. The van der Waals surface area contributed by atoms with E-state index in [1.165, 1.54) is 0 Å². The molecule has 1 heterocycles. The Morgan fingerprint density at radius 2 is 1.66 bits per heavy atom. The zero-order chi connectivity index (χ0) is 21.6. The van der Waals surface area contributed by atoms with Crippen LogP contribution in [-0.2, 0) is 16.1 Å². The van der Waals surface area contributed by atoms with E-state index >= 15 is 0 Å². The van der Waals surface area contributed by atoms with Crippen LogP contribution in [0.1, 0.15) is 53.0 Å². The van der Waals surface area contributed by atoms with Crippen LogP contribution < -0.4 is 16.0 Å². The molecule has 2 rings (SSSR count). The quantitative estimate of drug-likeness (QED) is 0.707. The van der Waals surface area contributed by atoms with Gasteiger partial charge in [-0.25, -0.2) is 4.79 Å². The van der Waals surface area contributed by atoms with Crippen LogP contribution >= 0.6 is 0 Å². The summed E-state index contributed by atoms with van der Waals surface area (Å²) < 4.78 is 0. The molecule has 7 heteroatoms. The lowest BCUT2D eigenvalue weighted by Gasteiger charge is -2.35. The molecule has 0 radical (unpaired) electrons. The van der Waals surface area contributed by atoms with Gasteiger partial charge in [-0.05, 0) is 44.4 Å². The number of nitrogens with zero attached hydrogens (tertiary/aromatic N) is 1. The minimum atomic E-state index is -0.383. The van der Waals surface area contributed by atoms with Gasteiger partial charge in [-0.15, -0.1) is 0 Å². The molecule has 0 saturated carbocycles. The van der Waals surface area contributed by atoms with Crippen LogP contribution in [0.15, 0.2) is 24.3 Å². The number of piperidine rings is 1. The molecule has 160 valence electrons. The van der Waals surface area contributed by atoms with Gasteiger partial charge in [-0.2, -0.15) is 0 Å². The molecule has 0 atom stereocenters. The summed E-state index contributed by atoms with van der Waals surface area (Å²) in [5.74, 6) is 0.123. The van der Waals surface area contributed by atoms with Crippen LogP contribution in [-0.4, -0.2) is 41.9 Å². The van der Waals surface area contributed by atoms with Crippen molar-refractivity contribution in [1.82, 2.24) is 15.5 Å². The lowest BCUT2D eigenvalue weighted by molar-refractivity contribution is -0.142. The monoisotopic (exact) mass is 402 g/mol. The molecular formula is C22H34N4O3. The number of rotatable bonds is 5. The van der Waals surface area contributed by atoms with Crippen molar-refractivity contribution in [3.8, 4) is 0 Å². The number of nitrogens with one attached hydrogen (secondary N) is 3. The second-order valence-corrected chi connectivity index (χ2v) is 8.98. The van der Waals surface area contributed by atoms with Gasteiger partial charge in [-0.1, -0.05) is 32.9 Å². The van der Waals surface area contributed by atoms with Crippen molar-refractivity contribution in [1.29, 1.82) is 0 Å². The maximum Gasteiger partial charge on any atom is 0.319 e. The van der Waals surface area contributed by atoms with Crippen LogP contribution in [0.25, 0.3) is 0 Å². The van der Waals surface area contributed by atoms with Crippen molar-refractivity contribution in [3.05, 3.63) is 29.8 Å². The number of likely N-dealkylation sites (tertiary alicyclic amines) is 1. The number of carbonyl (C=O) groups is 3. The molecule has 0 spiro atoms. The van der Waals surface area contributed by atoms with Crippen LogP contribution in [0.2, 0.25) is 0 Å². The van der Waals surface area contributed by atoms with Gasteiger partial charge in [0, 0.05) is 42.7 Å². The maximum absolute atomic E-state index is 12.5. The van der Waals surface area contributed by atoms with Crippen molar-refractivity contribution >= 4 is 23.5 Å². The predicted molar refractivity (Wildman–Crippen MR) is 114 cm³/mol. The Morgan fingerprint density at radius 1 is 1.07 bits per heavy atom. The molecular weight excluding hydrogens is 368 g/mol. The Morgan fingerprint density at radius 3 is 2.17 bits per heavy atom. The van der Waals surface area contributed by atoms with Gasteiger partial charge in [0.25, 0.3) is 0 Å². The van der Waals surface area contributed by atoms with E-state index in [9.17, 15) is 14.4 Å². The number of urea groups is 1. The number of carbonyl (C=O) groups excluding carboxylic acids is 3. The Balaban J connectivity index is 1.77. The van der Waals surface area contributed by atoms with Gasteiger partial charge in [-0.3, -0.25) is 9.59 Å². The van der Waals surface area contributed by atoms with Gasteiger partial charge in [0.05, 0.1) is 0 Å². The average Bonchev–Trinajstić information content (AvgIpc) is 2.65. The fourth-order valence-corrected chi connectivity index (χ4v) is 3.29. The number of hydrogen-bond donors (Lipinski definition) is 3. The van der Waals surface area contributed by atoms with E-state index in [0.717, 1.165) is 5.56 Å². The first-order valence-electron chi connectivity index (χ1n) is 10.3. The second-order valence-electron chi connectivity index (χ2n) is 8.98. The molecule has 1 aliphatic heterocycles. The molecule has 1 aromatic rings. The lowest BCUT2D eigenvalue weighted by Crippen LogP contribution is -2.46. The predicted octanol–water partition coefficient (Wildman–Crippen LogP) is 3.12. The summed E-state index contributed by atoms with van der Waals surface area (Å²) in [6, 6.07) is 7.24. The molecule has 3 N–H and O–H groups in total. The fourth-order valence-electron chi connectivity index (χ4n) is 3.29. The highest BCUT2D eigenvalue weighted by Crippen LogP contribution is 2.23. The van der Waals surface area contributed by atoms with E-state index in [1.54, 1.807) is 0 Å². The highest BCUT2D eigenvalue weighted by molar-refractivity contribution is 5.89. The van der Waals surface area contributed by atoms with Crippen LogP contribution in [0.5, 0.6) is 0 Å². The fraction of sp³-hybridized carbons (Fsp3) is 0.591. The summed E-state index contributed by atoms with van der Waals surface area (Å²) >= 11 is 0. The van der Waals surface area contributed by atoms with Crippen LogP contribution in [0.4, 0.5) is 10.5 Å². The maximum atomic E-state index is 12.5. The molecule has 1 aliphatic rings. The Labute approximate surface area is 173 Å². The van der Waals surface area contributed by atoms with Crippen LogP contribution in [0.3, 0.4) is 0 Å². The third kappa shape index (κ3) is 7.07. The zero-order valence-electron chi connectivity index (χ0n) is 18.2. The Bertz CT molecular complexity index is 715. The molecule has 1 saturated heterocycles. The van der Waals surface area contributed by atoms with Gasteiger partial charge in [0.1, 0.15) is 0 Å². The Hall–Kier alpha value is -2.57. The molecule has 1 fully saturated rings. The van der Waals surface area contributed by atoms with Crippen LogP contribution in [0, 0.1) is 11.3 Å². The smallest absolute Gasteiger partial charge is 0.319 e. The first-order valence-corrected chi connectivity index (χ1v) is 10.3. The first-order chi connectivity index (χ1) is 13.6. The van der Waals surface area contributed by atoms with Crippen molar-refractivity contribution in [2.75, 3.05) is 18.4 Å². The summed E-state index contributed by atoms with van der Waals surface area (Å²) in [4.78, 5) is 38.4. The summed E-state index contributed by atoms with van der Waals surface area (Å²) in [5, 5.41) is 8.53. The standard InChI is InChI=1S/C22H34N4O3/c1-15(2)24-21(29)25-18-8-6-16(7-9-18)14-23-19(27)17-10-12-26(13-11-17)20(28)22(3,4)5/h6-9,15,17H,10-14H2,1-5H3,(H,23,27)(H2,24,25,29). The first kappa shape index (κ1) is 22.7. The summed E-state index contributed by atoms with van der Waals surface area (Å²) in [6.45, 7) is 11.3. The normalized spacial score (nSPS) is 15.2. The van der Waals surface area contributed by atoms with E-state index in [4.69, 9.17) is 0 Å². The molecule has 1 aromatic carbocycles. The van der Waals surface area contributed by atoms with E-state index in [-0.39, 0.29) is 35.2 Å². The van der Waals surface area contributed by atoms with Crippen molar-refractivity contribution in [3.63, 3.8) is 0 Å². The van der Waals surface area contributed by atoms with Gasteiger partial charge in [0.2, 0.25) is 11.8 Å². The minimum absolute atomic E-state index is 0.0337. The average molecular weight is 403 g/mol. The highest BCUT2D eigenvalue weighted by atomic mass is 16.2. The molecule has 0 aromatic heterocycles. The molecule has 0 aliphatic carbocycles. The SMILES string of the molecule is CC(C)NC(=O)Nc1ccc(CNC(=O)C2CCN(C(=O)C(C)(C)C)CC2)cc1. The zero-order valence-corrected chi connectivity index (χ0v) is 18.2. The van der Waals surface area contributed by atoms with E-state index < -0.39 is 0 Å². The Kier molecular flexibility index (Phi) is 7.65. The van der Waals surface area contributed by atoms with E-state index in [0.29, 0.717) is 38.2 Å². The third-order valence-electron chi connectivity index (χ3n) is 4.89. The summed E-state index contributed by atoms with van der Waals surface area (Å²) in [7, 11) is 0.